The Morgan fingerprint density at radius 1 is 1.40 bits per heavy atom. The van der Waals surface area contributed by atoms with Crippen LogP contribution in [0.15, 0.2) is 35.5 Å². The highest BCUT2D eigenvalue weighted by molar-refractivity contribution is 7.18. The number of carbonyl (C=O) groups excluding carboxylic acids is 1. The quantitative estimate of drug-likeness (QED) is 0.352. The summed E-state index contributed by atoms with van der Waals surface area (Å²) in [5.41, 5.74) is 5.34. The number of rotatable bonds is 3. The van der Waals surface area contributed by atoms with Crippen LogP contribution in [0.1, 0.15) is 15.2 Å². The van der Waals surface area contributed by atoms with Gasteiger partial charge in [-0.3, -0.25) is 4.79 Å². The van der Waals surface area contributed by atoms with Crippen molar-refractivity contribution in [3.63, 3.8) is 0 Å². The van der Waals surface area contributed by atoms with E-state index in [4.69, 9.17) is 22.5 Å². The zero-order chi connectivity index (χ0) is 14.7. The second-order valence-electron chi connectivity index (χ2n) is 3.71. The van der Waals surface area contributed by atoms with Crippen LogP contribution < -0.4 is 11.1 Å². The summed E-state index contributed by atoms with van der Waals surface area (Å²) in [7, 11) is 0. The van der Waals surface area contributed by atoms with Crippen LogP contribution in [0.4, 0.5) is 10.1 Å². The smallest absolute Gasteiger partial charge is 0.265 e. The lowest BCUT2D eigenvalue weighted by atomic mass is 10.1. The summed E-state index contributed by atoms with van der Waals surface area (Å²) in [6.07, 6.45) is 0. The third kappa shape index (κ3) is 2.89. The molecule has 0 aliphatic carbocycles. The van der Waals surface area contributed by atoms with Gasteiger partial charge in [-0.25, -0.2) is 4.39 Å². The lowest BCUT2D eigenvalue weighted by Gasteiger charge is -2.10. The van der Waals surface area contributed by atoms with Gasteiger partial charge in [0.1, 0.15) is 5.82 Å². The summed E-state index contributed by atoms with van der Waals surface area (Å²) in [5.74, 6) is -1.59. The number of amides is 1. The van der Waals surface area contributed by atoms with Crippen LogP contribution in [0.3, 0.4) is 0 Å². The van der Waals surface area contributed by atoms with Gasteiger partial charge in [-0.05, 0) is 24.3 Å². The van der Waals surface area contributed by atoms with Crippen LogP contribution >= 0.6 is 22.9 Å². The summed E-state index contributed by atoms with van der Waals surface area (Å²) in [5, 5.41) is 13.9. The molecule has 0 atom stereocenters. The van der Waals surface area contributed by atoms with Gasteiger partial charge in [0.25, 0.3) is 5.91 Å². The molecule has 1 aromatic heterocycles. The minimum Gasteiger partial charge on any atom is -0.409 e. The number of halogens is 2. The van der Waals surface area contributed by atoms with Crippen LogP contribution in [-0.4, -0.2) is 17.0 Å². The molecular formula is C12H9ClFN3O2S. The highest BCUT2D eigenvalue weighted by Gasteiger charge is 2.16. The first kappa shape index (κ1) is 14.3. The van der Waals surface area contributed by atoms with E-state index >= 15 is 0 Å². The van der Waals surface area contributed by atoms with E-state index in [-0.39, 0.29) is 11.3 Å². The van der Waals surface area contributed by atoms with Crippen LogP contribution in [0, 0.1) is 5.82 Å². The van der Waals surface area contributed by atoms with E-state index in [1.165, 1.54) is 12.1 Å². The fourth-order valence-corrected chi connectivity index (χ4v) is 2.50. The van der Waals surface area contributed by atoms with Crippen molar-refractivity contribution in [1.29, 1.82) is 0 Å². The third-order valence-corrected chi connectivity index (χ3v) is 3.65. The molecule has 1 amide bonds. The van der Waals surface area contributed by atoms with Crippen molar-refractivity contribution in [1.82, 2.24) is 0 Å². The van der Waals surface area contributed by atoms with E-state index in [0.29, 0.717) is 9.21 Å². The zero-order valence-corrected chi connectivity index (χ0v) is 11.5. The van der Waals surface area contributed by atoms with Gasteiger partial charge in [0.15, 0.2) is 5.84 Å². The SMILES string of the molecule is NC(=NO)c1c(F)cccc1NC(=O)c1ccc(Cl)s1. The minimum atomic E-state index is -0.706. The molecule has 0 saturated heterocycles. The third-order valence-electron chi connectivity index (χ3n) is 2.42. The molecule has 4 N–H and O–H groups in total. The summed E-state index contributed by atoms with van der Waals surface area (Å²) >= 11 is 6.83. The number of oxime groups is 1. The van der Waals surface area contributed by atoms with Crippen LogP contribution in [0.5, 0.6) is 0 Å². The molecule has 0 unspecified atom stereocenters. The number of anilines is 1. The number of nitrogens with two attached hydrogens (primary N) is 1. The van der Waals surface area contributed by atoms with E-state index in [2.05, 4.69) is 10.5 Å². The molecule has 0 bridgehead atoms. The van der Waals surface area contributed by atoms with Gasteiger partial charge in [0.2, 0.25) is 0 Å². The average molecular weight is 314 g/mol. The van der Waals surface area contributed by atoms with Gasteiger partial charge in [-0.15, -0.1) is 11.3 Å². The Hall–Kier alpha value is -2.12. The Kier molecular flexibility index (Phi) is 4.21. The Morgan fingerprint density at radius 3 is 2.75 bits per heavy atom. The summed E-state index contributed by atoms with van der Waals surface area (Å²) in [6.45, 7) is 0. The number of benzene rings is 1. The van der Waals surface area contributed by atoms with E-state index in [1.807, 2.05) is 0 Å². The monoisotopic (exact) mass is 313 g/mol. The lowest BCUT2D eigenvalue weighted by molar-refractivity contribution is 0.103. The Balaban J connectivity index is 2.34. The number of hydrogen-bond donors (Lipinski definition) is 3. The van der Waals surface area contributed by atoms with E-state index in [1.54, 1.807) is 12.1 Å². The fourth-order valence-electron chi connectivity index (χ4n) is 1.56. The largest absolute Gasteiger partial charge is 0.409 e. The van der Waals surface area contributed by atoms with Crippen LogP contribution in [0.2, 0.25) is 4.34 Å². The fraction of sp³-hybridized carbons (Fsp3) is 0. The molecule has 0 fully saturated rings. The maximum absolute atomic E-state index is 13.7. The average Bonchev–Trinajstić information content (AvgIpc) is 2.85. The van der Waals surface area contributed by atoms with Gasteiger partial charge < -0.3 is 16.3 Å². The van der Waals surface area contributed by atoms with Crippen molar-refractivity contribution >= 4 is 40.4 Å². The van der Waals surface area contributed by atoms with E-state index in [9.17, 15) is 9.18 Å². The second-order valence-corrected chi connectivity index (χ2v) is 5.42. The lowest BCUT2D eigenvalue weighted by Crippen LogP contribution is -2.20. The topological polar surface area (TPSA) is 87.7 Å². The maximum Gasteiger partial charge on any atom is 0.265 e. The van der Waals surface area contributed by atoms with Gasteiger partial charge >= 0.3 is 0 Å². The zero-order valence-electron chi connectivity index (χ0n) is 9.93. The molecular weight excluding hydrogens is 305 g/mol. The highest BCUT2D eigenvalue weighted by atomic mass is 35.5. The van der Waals surface area contributed by atoms with Crippen molar-refractivity contribution in [3.05, 3.63) is 50.9 Å². The predicted octanol–water partition coefficient (Wildman–Crippen LogP) is 2.89. The number of hydrogen-bond acceptors (Lipinski definition) is 4. The molecule has 0 spiro atoms. The molecule has 20 heavy (non-hydrogen) atoms. The Labute approximate surface area is 122 Å². The molecule has 8 heteroatoms. The number of nitrogens with one attached hydrogen (secondary N) is 1. The highest BCUT2D eigenvalue weighted by Crippen LogP contribution is 2.24. The standard InChI is InChI=1S/C12H9ClFN3O2S/c13-9-5-4-8(20-9)12(18)16-7-3-1-2-6(14)10(7)11(15)17-19/h1-5,19H,(H2,15,17)(H,16,18). The summed E-state index contributed by atoms with van der Waals surface area (Å²) in [4.78, 5) is 12.3. The number of nitrogens with zero attached hydrogens (tertiary/aromatic N) is 1. The second kappa shape index (κ2) is 5.89. The van der Waals surface area contributed by atoms with E-state index < -0.39 is 17.6 Å². The molecule has 5 nitrogen and oxygen atoms in total. The molecule has 0 saturated carbocycles. The van der Waals surface area contributed by atoms with E-state index in [0.717, 1.165) is 17.4 Å². The molecule has 2 rings (SSSR count). The first-order valence-electron chi connectivity index (χ1n) is 5.36. The molecule has 1 aromatic carbocycles. The van der Waals surface area contributed by atoms with Crippen LogP contribution in [-0.2, 0) is 0 Å². The number of carbonyl (C=O) groups is 1. The molecule has 0 radical (unpaired) electrons. The van der Waals surface area contributed by atoms with Gasteiger partial charge in [0.05, 0.1) is 20.5 Å². The van der Waals surface area contributed by atoms with Gasteiger partial charge in [-0.2, -0.15) is 0 Å². The van der Waals surface area contributed by atoms with Crippen molar-refractivity contribution in [2.24, 2.45) is 10.9 Å². The molecule has 104 valence electrons. The number of thiophene rings is 1. The Bertz CT molecular complexity index is 687. The van der Waals surface area contributed by atoms with Crippen molar-refractivity contribution in [2.45, 2.75) is 0 Å². The molecule has 1 heterocycles. The van der Waals surface area contributed by atoms with Crippen molar-refractivity contribution in [2.75, 3.05) is 5.32 Å². The minimum absolute atomic E-state index is 0.106. The normalized spacial score (nSPS) is 11.4. The predicted molar refractivity (Wildman–Crippen MR) is 76.2 cm³/mol. The van der Waals surface area contributed by atoms with Crippen molar-refractivity contribution in [3.8, 4) is 0 Å². The van der Waals surface area contributed by atoms with Gasteiger partial charge in [-0.1, -0.05) is 22.8 Å². The molecule has 0 aliphatic rings. The van der Waals surface area contributed by atoms with Crippen molar-refractivity contribution < 1.29 is 14.4 Å². The number of amidine groups is 1. The first-order valence-corrected chi connectivity index (χ1v) is 6.55. The molecule has 0 aliphatic heterocycles. The summed E-state index contributed by atoms with van der Waals surface area (Å²) in [6, 6.07) is 7.12. The molecule has 2 aromatic rings. The first-order chi connectivity index (χ1) is 9.52. The summed E-state index contributed by atoms with van der Waals surface area (Å²) < 4.78 is 14.2. The Morgan fingerprint density at radius 2 is 2.15 bits per heavy atom. The van der Waals surface area contributed by atoms with Gasteiger partial charge in [0, 0.05) is 0 Å². The maximum atomic E-state index is 13.7. The van der Waals surface area contributed by atoms with Crippen LogP contribution in [0.25, 0.3) is 0 Å².